The highest BCUT2D eigenvalue weighted by atomic mass is 16.1. The lowest BCUT2D eigenvalue weighted by Gasteiger charge is -2.35. The number of aromatic nitrogens is 2. The predicted molar refractivity (Wildman–Crippen MR) is 99.0 cm³/mol. The van der Waals surface area contributed by atoms with Gasteiger partial charge < -0.3 is 9.88 Å². The summed E-state index contributed by atoms with van der Waals surface area (Å²) in [5, 5.41) is 2.99. The van der Waals surface area contributed by atoms with Crippen LogP contribution in [0.2, 0.25) is 0 Å². The smallest absolute Gasteiger partial charge is 0.271 e. The molecule has 1 saturated heterocycles. The molecule has 0 spiro atoms. The molecule has 0 aliphatic carbocycles. The number of likely N-dealkylation sites (tertiary alicyclic amines) is 1. The van der Waals surface area contributed by atoms with Crippen LogP contribution in [0.25, 0.3) is 0 Å². The predicted octanol–water partition coefficient (Wildman–Crippen LogP) is 2.83. The van der Waals surface area contributed by atoms with Gasteiger partial charge in [-0.25, -0.2) is 4.98 Å². The summed E-state index contributed by atoms with van der Waals surface area (Å²) in [6, 6.07) is 8.39. The van der Waals surface area contributed by atoms with E-state index in [-0.39, 0.29) is 5.91 Å². The van der Waals surface area contributed by atoms with Gasteiger partial charge in [0.05, 0.1) is 6.33 Å². The van der Waals surface area contributed by atoms with Gasteiger partial charge in [-0.2, -0.15) is 0 Å². The van der Waals surface area contributed by atoms with Crippen LogP contribution in [-0.2, 0) is 20.1 Å². The Balaban J connectivity index is 1.63. The molecule has 1 amide bonds. The zero-order valence-corrected chi connectivity index (χ0v) is 15.4. The number of hydrogen-bond donors (Lipinski definition) is 1. The second kappa shape index (κ2) is 7.83. The van der Waals surface area contributed by atoms with Gasteiger partial charge in [-0.3, -0.25) is 9.69 Å². The Bertz CT molecular complexity index is 714. The molecular weight excluding hydrogens is 312 g/mol. The molecule has 2 heterocycles. The molecule has 0 unspecified atom stereocenters. The maximum absolute atomic E-state index is 12.2. The maximum atomic E-state index is 12.2. The number of benzene rings is 1. The van der Waals surface area contributed by atoms with E-state index in [9.17, 15) is 4.79 Å². The van der Waals surface area contributed by atoms with E-state index in [1.807, 2.05) is 13.1 Å². The number of piperidine rings is 1. The third-order valence-electron chi connectivity index (χ3n) is 4.83. The summed E-state index contributed by atoms with van der Waals surface area (Å²) in [5.41, 5.74) is 2.93. The lowest BCUT2D eigenvalue weighted by atomic mass is 9.91. The van der Waals surface area contributed by atoms with Gasteiger partial charge in [0.15, 0.2) is 0 Å². The van der Waals surface area contributed by atoms with Crippen LogP contribution in [0.1, 0.15) is 41.9 Å². The lowest BCUT2D eigenvalue weighted by molar-refractivity contribution is 0.0946. The fourth-order valence-corrected chi connectivity index (χ4v) is 3.84. The fourth-order valence-electron chi connectivity index (χ4n) is 3.84. The molecule has 1 aliphatic rings. The number of carbonyl (C=O) groups excluding carboxylic acids is 1. The Hall–Kier alpha value is -2.14. The molecule has 1 aromatic carbocycles. The highest BCUT2D eigenvalue weighted by molar-refractivity contribution is 5.91. The van der Waals surface area contributed by atoms with E-state index in [4.69, 9.17) is 0 Å². The number of nitrogens with zero attached hydrogens (tertiary/aromatic N) is 3. The zero-order valence-electron chi connectivity index (χ0n) is 15.4. The first-order valence-electron chi connectivity index (χ1n) is 9.06. The van der Waals surface area contributed by atoms with Gasteiger partial charge in [-0.15, -0.1) is 0 Å². The van der Waals surface area contributed by atoms with Crippen molar-refractivity contribution in [1.82, 2.24) is 19.8 Å². The van der Waals surface area contributed by atoms with E-state index in [0.29, 0.717) is 12.2 Å². The first-order valence-corrected chi connectivity index (χ1v) is 9.06. The monoisotopic (exact) mass is 340 g/mol. The minimum Gasteiger partial charge on any atom is -0.347 e. The van der Waals surface area contributed by atoms with E-state index in [1.54, 1.807) is 17.1 Å². The molecule has 1 aromatic heterocycles. The zero-order chi connectivity index (χ0) is 17.8. The minimum atomic E-state index is -0.129. The molecule has 0 bridgehead atoms. The molecule has 134 valence electrons. The largest absolute Gasteiger partial charge is 0.347 e. The molecule has 2 atom stereocenters. The quantitative estimate of drug-likeness (QED) is 0.910. The van der Waals surface area contributed by atoms with E-state index >= 15 is 0 Å². The number of aryl methyl sites for hydroxylation is 1. The van der Waals surface area contributed by atoms with Gasteiger partial charge in [0.25, 0.3) is 5.91 Å². The Morgan fingerprint density at radius 2 is 1.88 bits per heavy atom. The van der Waals surface area contributed by atoms with Crippen LogP contribution in [0.3, 0.4) is 0 Å². The SMILES string of the molecule is C[C@H]1C[C@H](C)CN(Cc2ccccc2CNC(=O)c2cn(C)cn2)C1. The first kappa shape index (κ1) is 17.7. The van der Waals surface area contributed by atoms with Crippen molar-refractivity contribution < 1.29 is 4.79 Å². The Morgan fingerprint density at radius 1 is 1.20 bits per heavy atom. The average molecular weight is 340 g/mol. The number of hydrogen-bond acceptors (Lipinski definition) is 3. The van der Waals surface area contributed by atoms with Crippen LogP contribution < -0.4 is 5.32 Å². The highest BCUT2D eigenvalue weighted by Gasteiger charge is 2.22. The van der Waals surface area contributed by atoms with Crippen molar-refractivity contribution in [3.63, 3.8) is 0 Å². The van der Waals surface area contributed by atoms with Crippen molar-refractivity contribution in [2.45, 2.75) is 33.4 Å². The average Bonchev–Trinajstić information content (AvgIpc) is 2.99. The third kappa shape index (κ3) is 4.69. The van der Waals surface area contributed by atoms with E-state index in [0.717, 1.165) is 31.5 Å². The number of imidazole rings is 1. The van der Waals surface area contributed by atoms with Crippen LogP contribution in [0.5, 0.6) is 0 Å². The fraction of sp³-hybridized carbons (Fsp3) is 0.500. The molecule has 25 heavy (non-hydrogen) atoms. The van der Waals surface area contributed by atoms with Crippen LogP contribution in [0.4, 0.5) is 0 Å². The van der Waals surface area contributed by atoms with Gasteiger partial charge >= 0.3 is 0 Å². The second-order valence-electron chi connectivity index (χ2n) is 7.52. The molecule has 1 N–H and O–H groups in total. The Morgan fingerprint density at radius 3 is 2.52 bits per heavy atom. The van der Waals surface area contributed by atoms with Crippen molar-refractivity contribution in [3.05, 3.63) is 53.6 Å². The summed E-state index contributed by atoms with van der Waals surface area (Å²) in [6.45, 7) is 8.45. The number of amides is 1. The molecule has 0 saturated carbocycles. The van der Waals surface area contributed by atoms with Gasteiger partial charge in [-0.05, 0) is 29.4 Å². The summed E-state index contributed by atoms with van der Waals surface area (Å²) in [5.74, 6) is 1.37. The topological polar surface area (TPSA) is 50.2 Å². The summed E-state index contributed by atoms with van der Waals surface area (Å²) < 4.78 is 1.78. The van der Waals surface area contributed by atoms with Crippen LogP contribution in [0, 0.1) is 11.8 Å². The van der Waals surface area contributed by atoms with Crippen molar-refractivity contribution in [1.29, 1.82) is 0 Å². The number of carbonyl (C=O) groups is 1. The molecular formula is C20H28N4O. The maximum Gasteiger partial charge on any atom is 0.271 e. The summed E-state index contributed by atoms with van der Waals surface area (Å²) >= 11 is 0. The molecule has 5 heteroatoms. The van der Waals surface area contributed by atoms with E-state index in [2.05, 4.69) is 47.2 Å². The van der Waals surface area contributed by atoms with E-state index in [1.165, 1.54) is 17.5 Å². The third-order valence-corrected chi connectivity index (χ3v) is 4.83. The highest BCUT2D eigenvalue weighted by Crippen LogP contribution is 2.23. The molecule has 3 rings (SSSR count). The van der Waals surface area contributed by atoms with Crippen molar-refractivity contribution in [2.24, 2.45) is 18.9 Å². The van der Waals surface area contributed by atoms with Crippen molar-refractivity contribution in [2.75, 3.05) is 13.1 Å². The van der Waals surface area contributed by atoms with E-state index < -0.39 is 0 Å². The molecule has 0 radical (unpaired) electrons. The van der Waals surface area contributed by atoms with Crippen molar-refractivity contribution in [3.8, 4) is 0 Å². The van der Waals surface area contributed by atoms with Gasteiger partial charge in [0, 0.05) is 39.4 Å². The summed E-state index contributed by atoms with van der Waals surface area (Å²) in [7, 11) is 1.86. The first-order chi connectivity index (χ1) is 12.0. The Labute approximate surface area is 150 Å². The molecule has 1 fully saturated rings. The van der Waals surface area contributed by atoms with Gasteiger partial charge in [-0.1, -0.05) is 38.1 Å². The summed E-state index contributed by atoms with van der Waals surface area (Å²) in [4.78, 5) is 18.9. The lowest BCUT2D eigenvalue weighted by Crippen LogP contribution is -2.38. The van der Waals surface area contributed by atoms with Gasteiger partial charge in [0.2, 0.25) is 0 Å². The van der Waals surface area contributed by atoms with Gasteiger partial charge in [0.1, 0.15) is 5.69 Å². The molecule has 5 nitrogen and oxygen atoms in total. The normalized spacial score (nSPS) is 21.2. The van der Waals surface area contributed by atoms with Crippen LogP contribution in [0.15, 0.2) is 36.8 Å². The second-order valence-corrected chi connectivity index (χ2v) is 7.52. The number of nitrogens with one attached hydrogen (secondary N) is 1. The number of rotatable bonds is 5. The minimum absolute atomic E-state index is 0.129. The summed E-state index contributed by atoms with van der Waals surface area (Å²) in [6.07, 6.45) is 4.69. The standard InChI is InChI=1S/C20H28N4O/c1-15-8-16(2)11-24(10-15)12-18-7-5-4-6-17(18)9-21-20(25)19-13-23(3)14-22-19/h4-7,13-16H,8-12H2,1-3H3,(H,21,25)/t15-,16-/m0/s1. The molecule has 1 aliphatic heterocycles. The molecule has 2 aromatic rings. The Kier molecular flexibility index (Phi) is 5.53. The van der Waals surface area contributed by atoms with Crippen LogP contribution in [-0.4, -0.2) is 33.4 Å². The van der Waals surface area contributed by atoms with Crippen molar-refractivity contribution >= 4 is 5.91 Å². The van der Waals surface area contributed by atoms with Crippen LogP contribution >= 0.6 is 0 Å².